The molecule has 0 atom stereocenters. The Balaban J connectivity index is 2.69. The van der Waals surface area contributed by atoms with Crippen LogP contribution in [-0.4, -0.2) is 39.7 Å². The summed E-state index contributed by atoms with van der Waals surface area (Å²) in [5, 5.41) is 8.94. The summed E-state index contributed by atoms with van der Waals surface area (Å²) in [6.45, 7) is 7.97. The Labute approximate surface area is 124 Å². The first-order chi connectivity index (χ1) is 9.32. The van der Waals surface area contributed by atoms with E-state index in [9.17, 15) is 9.59 Å². The molecule has 20 heavy (non-hydrogen) atoms. The van der Waals surface area contributed by atoms with E-state index >= 15 is 0 Å². The number of benzene rings is 1. The number of carboxylic acid groups (broad SMARTS) is 1. The zero-order chi connectivity index (χ0) is 15.3. The van der Waals surface area contributed by atoms with Crippen LogP contribution in [0.3, 0.4) is 0 Å². The summed E-state index contributed by atoms with van der Waals surface area (Å²) in [7, 11) is 0. The van der Waals surface area contributed by atoms with Gasteiger partial charge in [0.05, 0.1) is 11.3 Å². The van der Waals surface area contributed by atoms with E-state index in [4.69, 9.17) is 5.11 Å². The van der Waals surface area contributed by atoms with Gasteiger partial charge < -0.3 is 10.0 Å². The van der Waals surface area contributed by atoms with Crippen molar-refractivity contribution in [2.24, 2.45) is 0 Å². The van der Waals surface area contributed by atoms with E-state index in [0.29, 0.717) is 5.75 Å². The Morgan fingerprint density at radius 3 is 2.30 bits per heavy atom. The van der Waals surface area contributed by atoms with Crippen molar-refractivity contribution >= 4 is 23.6 Å². The van der Waals surface area contributed by atoms with Crippen LogP contribution in [0.2, 0.25) is 0 Å². The third-order valence-electron chi connectivity index (χ3n) is 2.84. The van der Waals surface area contributed by atoms with Gasteiger partial charge in [-0.3, -0.25) is 4.79 Å². The van der Waals surface area contributed by atoms with Gasteiger partial charge in [0, 0.05) is 17.0 Å². The Morgan fingerprint density at radius 1 is 1.20 bits per heavy atom. The number of thioether (sulfide) groups is 1. The van der Waals surface area contributed by atoms with Crippen molar-refractivity contribution in [3.05, 3.63) is 29.8 Å². The number of aromatic carboxylic acids is 1. The van der Waals surface area contributed by atoms with Gasteiger partial charge in [0.1, 0.15) is 0 Å². The molecule has 0 aliphatic rings. The van der Waals surface area contributed by atoms with Crippen molar-refractivity contribution < 1.29 is 14.7 Å². The SMILES string of the molecule is CC(C)N(C(=O)CSc1cccc(C(=O)O)c1)C(C)C. The number of hydrogen-bond donors (Lipinski definition) is 1. The molecule has 110 valence electrons. The molecule has 0 saturated carbocycles. The molecule has 0 aliphatic carbocycles. The quantitative estimate of drug-likeness (QED) is 0.819. The fourth-order valence-corrected chi connectivity index (χ4v) is 2.94. The van der Waals surface area contributed by atoms with E-state index in [1.165, 1.54) is 11.8 Å². The zero-order valence-electron chi connectivity index (χ0n) is 12.3. The highest BCUT2D eigenvalue weighted by Gasteiger charge is 2.19. The van der Waals surface area contributed by atoms with E-state index in [1.54, 1.807) is 18.2 Å². The Bertz CT molecular complexity index is 478. The van der Waals surface area contributed by atoms with Gasteiger partial charge in [-0.15, -0.1) is 11.8 Å². The third kappa shape index (κ3) is 4.56. The average molecular weight is 295 g/mol. The summed E-state index contributed by atoms with van der Waals surface area (Å²) in [6, 6.07) is 6.97. The van der Waals surface area contributed by atoms with E-state index in [1.807, 2.05) is 38.7 Å². The number of carboxylic acids is 1. The standard InChI is InChI=1S/C15H21NO3S/c1-10(2)16(11(3)4)14(17)9-20-13-7-5-6-12(8-13)15(18)19/h5-8,10-11H,9H2,1-4H3,(H,18,19). The maximum absolute atomic E-state index is 12.2. The monoisotopic (exact) mass is 295 g/mol. The van der Waals surface area contributed by atoms with Crippen LogP contribution in [0.4, 0.5) is 0 Å². The minimum absolute atomic E-state index is 0.0701. The molecular weight excluding hydrogens is 274 g/mol. The van der Waals surface area contributed by atoms with Crippen LogP contribution < -0.4 is 0 Å². The molecule has 1 N–H and O–H groups in total. The van der Waals surface area contributed by atoms with Gasteiger partial charge in [-0.05, 0) is 45.9 Å². The van der Waals surface area contributed by atoms with Crippen molar-refractivity contribution in [3.63, 3.8) is 0 Å². The average Bonchev–Trinajstić information content (AvgIpc) is 2.35. The molecule has 0 aliphatic heterocycles. The van der Waals surface area contributed by atoms with Gasteiger partial charge in [-0.1, -0.05) is 6.07 Å². The van der Waals surface area contributed by atoms with Crippen LogP contribution in [0, 0.1) is 0 Å². The highest BCUT2D eigenvalue weighted by atomic mass is 32.2. The second-order valence-electron chi connectivity index (χ2n) is 5.11. The van der Waals surface area contributed by atoms with Crippen LogP contribution in [0.25, 0.3) is 0 Å². The number of nitrogens with zero attached hydrogens (tertiary/aromatic N) is 1. The van der Waals surface area contributed by atoms with Gasteiger partial charge >= 0.3 is 5.97 Å². The third-order valence-corrected chi connectivity index (χ3v) is 3.82. The van der Waals surface area contributed by atoms with Gasteiger partial charge in [0.2, 0.25) is 5.91 Å². The largest absolute Gasteiger partial charge is 0.478 e. The normalized spacial score (nSPS) is 10.9. The molecule has 1 amide bonds. The first-order valence-electron chi connectivity index (χ1n) is 6.60. The van der Waals surface area contributed by atoms with E-state index < -0.39 is 5.97 Å². The van der Waals surface area contributed by atoms with Crippen molar-refractivity contribution in [2.45, 2.75) is 44.7 Å². The van der Waals surface area contributed by atoms with Gasteiger partial charge in [-0.2, -0.15) is 0 Å². The number of carbonyl (C=O) groups is 2. The highest BCUT2D eigenvalue weighted by Crippen LogP contribution is 2.20. The second-order valence-corrected chi connectivity index (χ2v) is 6.16. The number of carbonyl (C=O) groups excluding carboxylic acids is 1. The molecule has 0 heterocycles. The van der Waals surface area contributed by atoms with Crippen LogP contribution in [0.15, 0.2) is 29.2 Å². The lowest BCUT2D eigenvalue weighted by atomic mass is 10.2. The fraction of sp³-hybridized carbons (Fsp3) is 0.467. The molecule has 0 unspecified atom stereocenters. The van der Waals surface area contributed by atoms with Crippen molar-refractivity contribution in [1.29, 1.82) is 0 Å². The lowest BCUT2D eigenvalue weighted by Gasteiger charge is -2.30. The summed E-state index contributed by atoms with van der Waals surface area (Å²) in [5.74, 6) is -0.565. The molecule has 1 aromatic rings. The van der Waals surface area contributed by atoms with E-state index in [2.05, 4.69) is 0 Å². The predicted molar refractivity (Wildman–Crippen MR) is 81.2 cm³/mol. The van der Waals surface area contributed by atoms with E-state index in [-0.39, 0.29) is 23.6 Å². The van der Waals surface area contributed by atoms with Crippen molar-refractivity contribution in [2.75, 3.05) is 5.75 Å². The molecule has 0 saturated heterocycles. The highest BCUT2D eigenvalue weighted by molar-refractivity contribution is 8.00. The van der Waals surface area contributed by atoms with E-state index in [0.717, 1.165) is 4.90 Å². The molecule has 4 nitrogen and oxygen atoms in total. The summed E-state index contributed by atoms with van der Waals surface area (Å²) < 4.78 is 0. The maximum atomic E-state index is 12.2. The summed E-state index contributed by atoms with van der Waals surface area (Å²) in [6.07, 6.45) is 0. The van der Waals surface area contributed by atoms with Crippen molar-refractivity contribution in [1.82, 2.24) is 4.90 Å². The molecule has 0 bridgehead atoms. The summed E-state index contributed by atoms with van der Waals surface area (Å²) in [5.41, 5.74) is 0.243. The predicted octanol–water partition coefficient (Wildman–Crippen LogP) is 3.12. The maximum Gasteiger partial charge on any atom is 0.335 e. The molecular formula is C15H21NO3S. The molecule has 0 radical (unpaired) electrons. The van der Waals surface area contributed by atoms with Gasteiger partial charge in [-0.25, -0.2) is 4.79 Å². The van der Waals surface area contributed by atoms with Crippen molar-refractivity contribution in [3.8, 4) is 0 Å². The molecule has 5 heteroatoms. The van der Waals surface area contributed by atoms with Gasteiger partial charge in [0.15, 0.2) is 0 Å². The number of rotatable bonds is 6. The fourth-order valence-electron chi connectivity index (χ4n) is 2.11. The minimum Gasteiger partial charge on any atom is -0.478 e. The molecule has 1 rings (SSSR count). The lowest BCUT2D eigenvalue weighted by molar-refractivity contribution is -0.131. The Morgan fingerprint density at radius 2 is 1.80 bits per heavy atom. The zero-order valence-corrected chi connectivity index (χ0v) is 13.1. The van der Waals surface area contributed by atoms with Crippen LogP contribution in [-0.2, 0) is 4.79 Å². The molecule has 0 spiro atoms. The van der Waals surface area contributed by atoms with Crippen LogP contribution in [0.1, 0.15) is 38.1 Å². The second kappa shape index (κ2) is 7.33. The first-order valence-corrected chi connectivity index (χ1v) is 7.58. The Kier molecular flexibility index (Phi) is 6.07. The topological polar surface area (TPSA) is 57.6 Å². The summed E-state index contributed by atoms with van der Waals surface area (Å²) in [4.78, 5) is 25.7. The van der Waals surface area contributed by atoms with Crippen LogP contribution in [0.5, 0.6) is 0 Å². The molecule has 0 fully saturated rings. The smallest absolute Gasteiger partial charge is 0.335 e. The van der Waals surface area contributed by atoms with Gasteiger partial charge in [0.25, 0.3) is 0 Å². The molecule has 0 aromatic heterocycles. The van der Waals surface area contributed by atoms with Crippen LogP contribution >= 0.6 is 11.8 Å². The minimum atomic E-state index is -0.954. The summed E-state index contributed by atoms with van der Waals surface area (Å²) >= 11 is 1.37. The number of amides is 1. The molecule has 1 aromatic carbocycles. The lowest BCUT2D eigenvalue weighted by Crippen LogP contribution is -2.43. The number of hydrogen-bond acceptors (Lipinski definition) is 3. The first kappa shape index (κ1) is 16.6. The Hall–Kier alpha value is -1.49.